The van der Waals surface area contributed by atoms with Crippen LogP contribution in [0.4, 0.5) is 0 Å². The summed E-state index contributed by atoms with van der Waals surface area (Å²) in [6.07, 6.45) is 4.13. The second-order valence-corrected chi connectivity index (χ2v) is 6.19. The quantitative estimate of drug-likeness (QED) is 0.707. The molecule has 0 amide bonds. The number of halogens is 1. The number of fused-ring (bicyclic) bond motifs is 1. The van der Waals surface area contributed by atoms with Gasteiger partial charge in [-0.25, -0.2) is 4.98 Å². The molecule has 3 aromatic rings. The van der Waals surface area contributed by atoms with E-state index < -0.39 is 0 Å². The molecule has 0 aliphatic rings. The Balaban J connectivity index is 2.38. The van der Waals surface area contributed by atoms with E-state index in [0.29, 0.717) is 6.04 Å². The molecule has 4 nitrogen and oxygen atoms in total. The minimum Gasteiger partial charge on any atom is -0.344 e. The highest BCUT2D eigenvalue weighted by atomic mass is 79.9. The van der Waals surface area contributed by atoms with Crippen LogP contribution in [0.2, 0.25) is 0 Å². The summed E-state index contributed by atoms with van der Waals surface area (Å²) < 4.78 is 3.14. The van der Waals surface area contributed by atoms with Crippen molar-refractivity contribution in [3.05, 3.63) is 34.5 Å². The van der Waals surface area contributed by atoms with E-state index in [-0.39, 0.29) is 0 Å². The summed E-state index contributed by atoms with van der Waals surface area (Å²) in [7, 11) is 0. The van der Waals surface area contributed by atoms with Crippen molar-refractivity contribution in [1.29, 1.82) is 0 Å². The first kappa shape index (κ1) is 13.4. The number of nitrogens with one attached hydrogen (secondary N) is 1. The van der Waals surface area contributed by atoms with Crippen molar-refractivity contribution in [3.63, 3.8) is 0 Å². The number of hydrogen-bond donors (Lipinski definition) is 1. The minimum absolute atomic E-state index is 0.396. The third kappa shape index (κ3) is 1.97. The predicted molar refractivity (Wildman–Crippen MR) is 84.9 cm³/mol. The average Bonchev–Trinajstić information content (AvgIpc) is 2.90. The van der Waals surface area contributed by atoms with Crippen LogP contribution in [-0.4, -0.2) is 19.7 Å². The SMILES string of the molecule is Cc1n[nH]c(C)c1-c1cn(C(C)C)c2cc(Br)ncc12. The van der Waals surface area contributed by atoms with Gasteiger partial charge in [-0.3, -0.25) is 5.10 Å². The van der Waals surface area contributed by atoms with Crippen molar-refractivity contribution in [3.8, 4) is 11.1 Å². The molecule has 0 saturated carbocycles. The highest BCUT2D eigenvalue weighted by Gasteiger charge is 2.17. The molecule has 0 unspecified atom stereocenters. The molecule has 0 saturated heterocycles. The molecule has 0 spiro atoms. The van der Waals surface area contributed by atoms with Crippen LogP contribution >= 0.6 is 15.9 Å². The van der Waals surface area contributed by atoms with E-state index in [1.807, 2.05) is 13.1 Å². The highest BCUT2D eigenvalue weighted by molar-refractivity contribution is 9.10. The van der Waals surface area contributed by atoms with Crippen LogP contribution in [-0.2, 0) is 0 Å². The van der Waals surface area contributed by atoms with Gasteiger partial charge in [0.2, 0.25) is 0 Å². The molecular formula is C15H17BrN4. The number of aryl methyl sites for hydroxylation is 2. The lowest BCUT2D eigenvalue weighted by Crippen LogP contribution is -1.98. The van der Waals surface area contributed by atoms with Crippen molar-refractivity contribution >= 4 is 26.8 Å². The van der Waals surface area contributed by atoms with Gasteiger partial charge in [0.25, 0.3) is 0 Å². The van der Waals surface area contributed by atoms with Crippen molar-refractivity contribution in [2.24, 2.45) is 0 Å². The first-order valence-corrected chi connectivity index (χ1v) is 7.46. The summed E-state index contributed by atoms with van der Waals surface area (Å²) in [4.78, 5) is 4.38. The Kier molecular flexibility index (Phi) is 3.17. The molecule has 0 aromatic carbocycles. The van der Waals surface area contributed by atoms with Crippen LogP contribution in [0, 0.1) is 13.8 Å². The van der Waals surface area contributed by atoms with Crippen molar-refractivity contribution in [1.82, 2.24) is 19.7 Å². The van der Waals surface area contributed by atoms with Gasteiger partial charge in [0.05, 0.1) is 11.2 Å². The molecule has 0 radical (unpaired) electrons. The molecule has 5 heteroatoms. The van der Waals surface area contributed by atoms with E-state index in [1.165, 1.54) is 16.6 Å². The molecule has 0 atom stereocenters. The number of pyridine rings is 1. The molecule has 3 rings (SSSR count). The molecule has 1 N–H and O–H groups in total. The van der Waals surface area contributed by atoms with Crippen molar-refractivity contribution in [2.75, 3.05) is 0 Å². The van der Waals surface area contributed by atoms with E-state index in [4.69, 9.17) is 0 Å². The molecule has 20 heavy (non-hydrogen) atoms. The molecule has 3 aromatic heterocycles. The maximum Gasteiger partial charge on any atom is 0.108 e. The van der Waals surface area contributed by atoms with Crippen LogP contribution in [0.1, 0.15) is 31.3 Å². The Morgan fingerprint density at radius 2 is 2.05 bits per heavy atom. The molecule has 3 heterocycles. The van der Waals surface area contributed by atoms with Crippen LogP contribution < -0.4 is 0 Å². The van der Waals surface area contributed by atoms with Crippen LogP contribution in [0.3, 0.4) is 0 Å². The average molecular weight is 333 g/mol. The summed E-state index contributed by atoms with van der Waals surface area (Å²) >= 11 is 3.46. The Morgan fingerprint density at radius 3 is 2.65 bits per heavy atom. The van der Waals surface area contributed by atoms with Gasteiger partial charge in [-0.2, -0.15) is 5.10 Å². The summed E-state index contributed by atoms with van der Waals surface area (Å²) in [5.41, 5.74) is 5.68. The highest BCUT2D eigenvalue weighted by Crippen LogP contribution is 2.35. The van der Waals surface area contributed by atoms with Gasteiger partial charge in [-0.05, 0) is 49.7 Å². The van der Waals surface area contributed by atoms with Crippen molar-refractivity contribution < 1.29 is 0 Å². The standard InChI is InChI=1S/C15H17BrN4/c1-8(2)20-7-12(15-9(3)18-19-10(15)4)11-6-17-14(16)5-13(11)20/h5-8H,1-4H3,(H,18,19). The maximum absolute atomic E-state index is 4.38. The van der Waals surface area contributed by atoms with E-state index >= 15 is 0 Å². The Hall–Kier alpha value is -1.62. The summed E-state index contributed by atoms with van der Waals surface area (Å²) in [5.74, 6) is 0. The zero-order valence-electron chi connectivity index (χ0n) is 12.0. The largest absolute Gasteiger partial charge is 0.344 e. The van der Waals surface area contributed by atoms with E-state index in [2.05, 4.69) is 68.7 Å². The lowest BCUT2D eigenvalue weighted by Gasteiger charge is -2.08. The number of aromatic nitrogens is 4. The minimum atomic E-state index is 0.396. The third-order valence-electron chi connectivity index (χ3n) is 3.64. The Morgan fingerprint density at radius 1 is 1.30 bits per heavy atom. The van der Waals surface area contributed by atoms with Crippen LogP contribution in [0.15, 0.2) is 23.1 Å². The first-order chi connectivity index (χ1) is 9.49. The van der Waals surface area contributed by atoms with Crippen LogP contribution in [0.5, 0.6) is 0 Å². The van der Waals surface area contributed by atoms with Gasteiger partial charge in [-0.1, -0.05) is 0 Å². The second kappa shape index (κ2) is 4.74. The van der Waals surface area contributed by atoms with Gasteiger partial charge in [0.15, 0.2) is 0 Å². The van der Waals surface area contributed by atoms with Gasteiger partial charge >= 0.3 is 0 Å². The van der Waals surface area contributed by atoms with Gasteiger partial charge in [-0.15, -0.1) is 0 Å². The number of aromatic amines is 1. The maximum atomic E-state index is 4.38. The lowest BCUT2D eigenvalue weighted by molar-refractivity contribution is 0.623. The van der Waals surface area contributed by atoms with E-state index in [1.54, 1.807) is 0 Å². The van der Waals surface area contributed by atoms with Gasteiger partial charge in [0, 0.05) is 40.6 Å². The van der Waals surface area contributed by atoms with Gasteiger partial charge < -0.3 is 4.57 Å². The summed E-state index contributed by atoms with van der Waals surface area (Å²) in [6.45, 7) is 8.46. The number of rotatable bonds is 2. The molecule has 0 fully saturated rings. The van der Waals surface area contributed by atoms with E-state index in [9.17, 15) is 0 Å². The second-order valence-electron chi connectivity index (χ2n) is 5.38. The zero-order valence-corrected chi connectivity index (χ0v) is 13.6. The molecule has 0 aliphatic carbocycles. The van der Waals surface area contributed by atoms with Gasteiger partial charge in [0.1, 0.15) is 4.60 Å². The predicted octanol–water partition coefficient (Wildman–Crippen LogP) is 4.39. The summed E-state index contributed by atoms with van der Waals surface area (Å²) in [5, 5.41) is 8.53. The van der Waals surface area contributed by atoms with Crippen molar-refractivity contribution in [2.45, 2.75) is 33.7 Å². The van der Waals surface area contributed by atoms with E-state index in [0.717, 1.165) is 21.4 Å². The molecule has 0 aliphatic heterocycles. The first-order valence-electron chi connectivity index (χ1n) is 6.67. The molecular weight excluding hydrogens is 316 g/mol. The summed E-state index contributed by atoms with van der Waals surface area (Å²) in [6, 6.07) is 2.47. The Labute approximate surface area is 126 Å². The molecule has 104 valence electrons. The molecule has 0 bridgehead atoms. The fourth-order valence-electron chi connectivity index (χ4n) is 2.69. The normalized spacial score (nSPS) is 11.7. The fraction of sp³-hybridized carbons (Fsp3) is 0.333. The number of hydrogen-bond acceptors (Lipinski definition) is 2. The fourth-order valence-corrected chi connectivity index (χ4v) is 3.01. The smallest absolute Gasteiger partial charge is 0.108 e. The number of nitrogens with zero attached hydrogens (tertiary/aromatic N) is 3. The topological polar surface area (TPSA) is 46.5 Å². The van der Waals surface area contributed by atoms with Crippen LogP contribution in [0.25, 0.3) is 22.0 Å². The monoisotopic (exact) mass is 332 g/mol. The number of H-pyrrole nitrogens is 1. The zero-order chi connectivity index (χ0) is 14.4. The lowest BCUT2D eigenvalue weighted by atomic mass is 10.0. The third-order valence-corrected chi connectivity index (χ3v) is 4.07. The Bertz CT molecular complexity index is 763.